The molecule has 2 aliphatic rings. The monoisotopic (exact) mass is 510 g/mol. The number of fused-ring (bicyclic) bond motifs is 2. The molecule has 0 spiro atoms. The summed E-state index contributed by atoms with van der Waals surface area (Å²) in [6.45, 7) is 12.9. The number of allylic oxidation sites excluding steroid dienone is 6. The number of unbranched alkanes of at least 4 members (excludes halogenated alkanes) is 2. The SMILES string of the molecule is CCNC(=O)CCCCCN1\C(=C/C=C/C=C/C2=[N+](C)c3ccccc3C2(C)C)C(C)(C)c2ccccc21. The van der Waals surface area contributed by atoms with E-state index in [-0.39, 0.29) is 16.7 Å². The van der Waals surface area contributed by atoms with Gasteiger partial charge in [-0.2, -0.15) is 4.58 Å². The molecule has 0 bridgehead atoms. The van der Waals surface area contributed by atoms with Gasteiger partial charge in [0.2, 0.25) is 11.6 Å². The number of hydrogen-bond donors (Lipinski definition) is 1. The molecule has 38 heavy (non-hydrogen) atoms. The van der Waals surface area contributed by atoms with E-state index in [0.29, 0.717) is 13.0 Å². The maximum absolute atomic E-state index is 11.8. The number of carbonyl (C=O) groups is 1. The van der Waals surface area contributed by atoms with E-state index in [1.807, 2.05) is 6.92 Å². The Labute approximate surface area is 229 Å². The van der Waals surface area contributed by atoms with Crippen molar-refractivity contribution in [2.24, 2.45) is 0 Å². The van der Waals surface area contributed by atoms with Crippen LogP contribution < -0.4 is 10.2 Å². The first kappa shape index (κ1) is 27.6. The third kappa shape index (κ3) is 5.41. The highest BCUT2D eigenvalue weighted by Gasteiger charge is 2.42. The molecule has 4 heteroatoms. The van der Waals surface area contributed by atoms with Crippen molar-refractivity contribution in [1.29, 1.82) is 0 Å². The van der Waals surface area contributed by atoms with Gasteiger partial charge in [0.1, 0.15) is 7.05 Å². The third-order valence-corrected chi connectivity index (χ3v) is 8.13. The number of hydrogen-bond acceptors (Lipinski definition) is 2. The average Bonchev–Trinajstić information content (AvgIpc) is 3.23. The van der Waals surface area contributed by atoms with Gasteiger partial charge in [0, 0.05) is 54.0 Å². The third-order valence-electron chi connectivity index (χ3n) is 8.13. The molecule has 200 valence electrons. The summed E-state index contributed by atoms with van der Waals surface area (Å²) in [7, 11) is 2.16. The van der Waals surface area contributed by atoms with Gasteiger partial charge in [-0.15, -0.1) is 0 Å². The molecule has 2 heterocycles. The fourth-order valence-corrected chi connectivity index (χ4v) is 6.06. The molecule has 0 aromatic heterocycles. The first-order valence-electron chi connectivity index (χ1n) is 14.1. The minimum Gasteiger partial charge on any atom is -0.356 e. The second-order valence-electron chi connectivity index (χ2n) is 11.4. The van der Waals surface area contributed by atoms with E-state index in [4.69, 9.17) is 0 Å². The van der Waals surface area contributed by atoms with E-state index in [1.54, 1.807) is 0 Å². The number of carbonyl (C=O) groups excluding carboxylic acids is 1. The van der Waals surface area contributed by atoms with Gasteiger partial charge in [0.25, 0.3) is 0 Å². The molecule has 0 unspecified atom stereocenters. The Balaban J connectivity index is 1.48. The summed E-state index contributed by atoms with van der Waals surface area (Å²) in [5, 5.41) is 2.90. The van der Waals surface area contributed by atoms with Crippen LogP contribution in [0.4, 0.5) is 11.4 Å². The van der Waals surface area contributed by atoms with Crippen LogP contribution in [0.5, 0.6) is 0 Å². The Morgan fingerprint density at radius 1 is 0.895 bits per heavy atom. The summed E-state index contributed by atoms with van der Waals surface area (Å²) in [6, 6.07) is 17.4. The van der Waals surface area contributed by atoms with Crippen molar-refractivity contribution < 1.29 is 9.37 Å². The molecule has 0 saturated heterocycles. The normalized spacial score (nSPS) is 18.6. The van der Waals surface area contributed by atoms with Crippen LogP contribution in [0, 0.1) is 0 Å². The van der Waals surface area contributed by atoms with Crippen LogP contribution in [0.3, 0.4) is 0 Å². The van der Waals surface area contributed by atoms with Gasteiger partial charge >= 0.3 is 0 Å². The lowest BCUT2D eigenvalue weighted by Gasteiger charge is -2.27. The predicted molar refractivity (Wildman–Crippen MR) is 161 cm³/mol. The Bertz CT molecular complexity index is 1290. The molecular formula is C34H44N3O+. The second kappa shape index (κ2) is 11.6. The van der Waals surface area contributed by atoms with Crippen LogP contribution in [-0.2, 0) is 15.6 Å². The summed E-state index contributed by atoms with van der Waals surface area (Å²) in [5.74, 6) is 0.160. The van der Waals surface area contributed by atoms with Crippen molar-refractivity contribution in [3.05, 3.63) is 95.7 Å². The van der Waals surface area contributed by atoms with Crippen molar-refractivity contribution in [1.82, 2.24) is 5.32 Å². The molecule has 1 amide bonds. The predicted octanol–water partition coefficient (Wildman–Crippen LogP) is 7.18. The minimum absolute atomic E-state index is 0.0166. The van der Waals surface area contributed by atoms with E-state index in [2.05, 4.69) is 128 Å². The van der Waals surface area contributed by atoms with Crippen LogP contribution in [-0.4, -0.2) is 36.3 Å². The summed E-state index contributed by atoms with van der Waals surface area (Å²) in [5.41, 5.74) is 7.90. The van der Waals surface area contributed by atoms with Crippen molar-refractivity contribution in [2.75, 3.05) is 25.0 Å². The number of nitrogens with one attached hydrogen (secondary N) is 1. The zero-order valence-electron chi connectivity index (χ0n) is 24.1. The minimum atomic E-state index is -0.0598. The largest absolute Gasteiger partial charge is 0.356 e. The van der Waals surface area contributed by atoms with Gasteiger partial charge < -0.3 is 10.2 Å². The van der Waals surface area contributed by atoms with Crippen LogP contribution in [0.1, 0.15) is 71.4 Å². The summed E-state index contributed by atoms with van der Waals surface area (Å²) >= 11 is 0. The zero-order valence-corrected chi connectivity index (χ0v) is 24.1. The molecule has 0 radical (unpaired) electrons. The summed E-state index contributed by atoms with van der Waals surface area (Å²) in [4.78, 5) is 14.3. The van der Waals surface area contributed by atoms with E-state index in [1.165, 1.54) is 33.9 Å². The molecule has 2 aromatic rings. The fourth-order valence-electron chi connectivity index (χ4n) is 6.06. The van der Waals surface area contributed by atoms with E-state index in [9.17, 15) is 4.79 Å². The summed E-state index contributed by atoms with van der Waals surface area (Å²) in [6.07, 6.45) is 14.7. The zero-order chi connectivity index (χ0) is 27.3. The Morgan fingerprint density at radius 2 is 1.61 bits per heavy atom. The van der Waals surface area contributed by atoms with Gasteiger partial charge in [-0.3, -0.25) is 4.79 Å². The molecule has 0 saturated carbocycles. The lowest BCUT2D eigenvalue weighted by atomic mass is 9.81. The van der Waals surface area contributed by atoms with Crippen molar-refractivity contribution in [2.45, 2.75) is 71.1 Å². The summed E-state index contributed by atoms with van der Waals surface area (Å²) < 4.78 is 2.31. The molecule has 2 aliphatic heterocycles. The van der Waals surface area contributed by atoms with E-state index < -0.39 is 0 Å². The molecule has 4 nitrogen and oxygen atoms in total. The van der Waals surface area contributed by atoms with Gasteiger partial charge in [0.05, 0.1) is 5.41 Å². The molecule has 4 rings (SSSR count). The Kier molecular flexibility index (Phi) is 8.40. The first-order valence-corrected chi connectivity index (χ1v) is 14.1. The highest BCUT2D eigenvalue weighted by molar-refractivity contribution is 6.03. The van der Waals surface area contributed by atoms with Crippen molar-refractivity contribution in [3.8, 4) is 0 Å². The van der Waals surface area contributed by atoms with E-state index >= 15 is 0 Å². The highest BCUT2D eigenvalue weighted by atomic mass is 16.1. The molecule has 2 aromatic carbocycles. The number of anilines is 1. The maximum Gasteiger partial charge on any atom is 0.219 e. The van der Waals surface area contributed by atoms with E-state index in [0.717, 1.165) is 25.8 Å². The van der Waals surface area contributed by atoms with Crippen LogP contribution in [0.15, 0.2) is 84.6 Å². The molecule has 0 aliphatic carbocycles. The lowest BCUT2D eigenvalue weighted by molar-refractivity contribution is -0.401. The fraction of sp³-hybridized carbons (Fsp3) is 0.412. The van der Waals surface area contributed by atoms with Crippen molar-refractivity contribution >= 4 is 23.0 Å². The van der Waals surface area contributed by atoms with Crippen molar-refractivity contribution in [3.63, 3.8) is 0 Å². The van der Waals surface area contributed by atoms with Crippen LogP contribution >= 0.6 is 0 Å². The quantitative estimate of drug-likeness (QED) is 0.209. The number of amides is 1. The number of para-hydroxylation sites is 2. The Hall–Kier alpha value is -3.40. The number of benzene rings is 2. The second-order valence-corrected chi connectivity index (χ2v) is 11.4. The maximum atomic E-state index is 11.8. The number of nitrogens with zero attached hydrogens (tertiary/aromatic N) is 2. The molecule has 1 N–H and O–H groups in total. The lowest BCUT2D eigenvalue weighted by Crippen LogP contribution is -2.27. The van der Waals surface area contributed by atoms with Gasteiger partial charge in [0.15, 0.2) is 5.71 Å². The standard InChI is InChI=1S/C34H43N3O/c1-7-35-32(38)24-12-9-17-25-37-29-21-16-14-19-27(29)34(4,5)31(37)23-11-8-10-22-30-33(2,3)26-18-13-15-20-28(26)36(30)6/h8,10-11,13-16,18-23H,7,9,12,17,24-25H2,1-6H3/p+1. The molecule has 0 fully saturated rings. The van der Waals surface area contributed by atoms with Crippen LogP contribution in [0.25, 0.3) is 0 Å². The van der Waals surface area contributed by atoms with Gasteiger partial charge in [-0.05, 0) is 51.3 Å². The topological polar surface area (TPSA) is 35.4 Å². The van der Waals surface area contributed by atoms with Gasteiger partial charge in [-0.25, -0.2) is 0 Å². The average molecular weight is 511 g/mol. The van der Waals surface area contributed by atoms with Crippen LogP contribution in [0.2, 0.25) is 0 Å². The Morgan fingerprint density at radius 3 is 2.34 bits per heavy atom. The smallest absolute Gasteiger partial charge is 0.219 e. The highest BCUT2D eigenvalue weighted by Crippen LogP contribution is 2.47. The first-order chi connectivity index (χ1) is 18.2. The molecular weight excluding hydrogens is 466 g/mol. The molecule has 0 atom stereocenters. The number of rotatable bonds is 10. The van der Waals surface area contributed by atoms with Gasteiger partial charge in [-0.1, -0.05) is 74.9 Å².